The standard InChI is InChI=1S/C21H33N3O2/c1-17-7-3-4-9-19(17)21(10-11-21)16-24-20(22-2)23-12-6-13-25-15-18-8-5-14-26-18/h3-4,7,9,18H,5-6,8,10-16H2,1-2H3,(H2,22,23,24). The second-order valence-electron chi connectivity index (χ2n) is 7.51. The van der Waals surface area contributed by atoms with E-state index < -0.39 is 0 Å². The van der Waals surface area contributed by atoms with Crippen LogP contribution in [0.2, 0.25) is 0 Å². The second kappa shape index (κ2) is 9.38. The van der Waals surface area contributed by atoms with Gasteiger partial charge in [0.25, 0.3) is 0 Å². The molecular weight excluding hydrogens is 326 g/mol. The van der Waals surface area contributed by atoms with E-state index in [1.165, 1.54) is 30.4 Å². The molecule has 26 heavy (non-hydrogen) atoms. The number of ether oxygens (including phenoxy) is 2. The molecule has 1 saturated carbocycles. The van der Waals surface area contributed by atoms with Crippen LogP contribution < -0.4 is 10.6 Å². The van der Waals surface area contributed by atoms with E-state index in [1.54, 1.807) is 0 Å². The number of benzene rings is 1. The first-order valence-corrected chi connectivity index (χ1v) is 9.93. The van der Waals surface area contributed by atoms with Gasteiger partial charge >= 0.3 is 0 Å². The third-order valence-corrected chi connectivity index (χ3v) is 5.47. The normalized spacial score (nSPS) is 21.6. The number of aliphatic imine (C=N–C) groups is 1. The Labute approximate surface area is 157 Å². The molecule has 1 aliphatic carbocycles. The first-order chi connectivity index (χ1) is 12.7. The van der Waals surface area contributed by atoms with Crippen LogP contribution in [0.4, 0.5) is 0 Å². The van der Waals surface area contributed by atoms with Crippen LogP contribution >= 0.6 is 0 Å². The zero-order valence-electron chi connectivity index (χ0n) is 16.2. The number of nitrogens with one attached hydrogen (secondary N) is 2. The number of hydrogen-bond acceptors (Lipinski definition) is 3. The maximum absolute atomic E-state index is 5.70. The van der Waals surface area contributed by atoms with Gasteiger partial charge in [0, 0.05) is 38.8 Å². The van der Waals surface area contributed by atoms with Gasteiger partial charge < -0.3 is 20.1 Å². The lowest BCUT2D eigenvalue weighted by atomic mass is 9.92. The summed E-state index contributed by atoms with van der Waals surface area (Å²) in [4.78, 5) is 4.35. The van der Waals surface area contributed by atoms with Gasteiger partial charge in [-0.15, -0.1) is 0 Å². The molecule has 1 atom stereocenters. The summed E-state index contributed by atoms with van der Waals surface area (Å²) in [5.41, 5.74) is 3.15. The van der Waals surface area contributed by atoms with Gasteiger partial charge in [-0.05, 0) is 50.2 Å². The summed E-state index contributed by atoms with van der Waals surface area (Å²) in [7, 11) is 1.83. The summed E-state index contributed by atoms with van der Waals surface area (Å²) in [6.45, 7) is 6.39. The molecule has 144 valence electrons. The fourth-order valence-corrected chi connectivity index (χ4v) is 3.71. The van der Waals surface area contributed by atoms with Gasteiger partial charge in [-0.25, -0.2) is 0 Å². The van der Waals surface area contributed by atoms with Crippen molar-refractivity contribution in [1.29, 1.82) is 0 Å². The quantitative estimate of drug-likeness (QED) is 0.404. The topological polar surface area (TPSA) is 54.9 Å². The average molecular weight is 360 g/mol. The Kier molecular flexibility index (Phi) is 6.92. The lowest BCUT2D eigenvalue weighted by Crippen LogP contribution is -2.41. The minimum atomic E-state index is 0.285. The van der Waals surface area contributed by atoms with Crippen molar-refractivity contribution in [2.75, 3.05) is 40.0 Å². The molecule has 1 saturated heterocycles. The zero-order valence-corrected chi connectivity index (χ0v) is 16.2. The van der Waals surface area contributed by atoms with E-state index in [1.807, 2.05) is 7.05 Å². The van der Waals surface area contributed by atoms with Gasteiger partial charge in [-0.3, -0.25) is 4.99 Å². The Morgan fingerprint density at radius 2 is 2.15 bits per heavy atom. The Bertz CT molecular complexity index is 593. The van der Waals surface area contributed by atoms with Crippen LogP contribution in [0.3, 0.4) is 0 Å². The number of rotatable bonds is 9. The van der Waals surface area contributed by atoms with Crippen molar-refractivity contribution in [2.24, 2.45) is 4.99 Å². The van der Waals surface area contributed by atoms with Crippen LogP contribution in [-0.2, 0) is 14.9 Å². The summed E-state index contributed by atoms with van der Waals surface area (Å²) < 4.78 is 11.3. The van der Waals surface area contributed by atoms with Gasteiger partial charge in [0.1, 0.15) is 0 Å². The summed E-state index contributed by atoms with van der Waals surface area (Å²) >= 11 is 0. The van der Waals surface area contributed by atoms with Gasteiger partial charge in [0.05, 0.1) is 12.7 Å². The maximum atomic E-state index is 5.70. The van der Waals surface area contributed by atoms with Crippen molar-refractivity contribution in [3.63, 3.8) is 0 Å². The third kappa shape index (κ3) is 5.21. The van der Waals surface area contributed by atoms with Crippen molar-refractivity contribution < 1.29 is 9.47 Å². The molecule has 0 radical (unpaired) electrons. The summed E-state index contributed by atoms with van der Waals surface area (Å²) in [6, 6.07) is 8.74. The molecule has 3 rings (SSSR count). The zero-order chi connectivity index (χ0) is 18.2. The molecule has 1 unspecified atom stereocenters. The van der Waals surface area contributed by atoms with Crippen LogP contribution in [0.25, 0.3) is 0 Å². The highest BCUT2D eigenvalue weighted by Gasteiger charge is 2.44. The van der Waals surface area contributed by atoms with E-state index in [4.69, 9.17) is 9.47 Å². The molecule has 0 bridgehead atoms. The van der Waals surface area contributed by atoms with Crippen molar-refractivity contribution in [3.8, 4) is 0 Å². The summed E-state index contributed by atoms with van der Waals surface area (Å²) in [5.74, 6) is 0.879. The van der Waals surface area contributed by atoms with Gasteiger partial charge in [0.15, 0.2) is 5.96 Å². The van der Waals surface area contributed by atoms with Crippen molar-refractivity contribution in [1.82, 2.24) is 10.6 Å². The average Bonchev–Trinajstić information content (AvgIpc) is 3.26. The van der Waals surface area contributed by atoms with Crippen LogP contribution in [0.15, 0.2) is 29.3 Å². The van der Waals surface area contributed by atoms with E-state index in [-0.39, 0.29) is 5.41 Å². The maximum Gasteiger partial charge on any atom is 0.191 e. The van der Waals surface area contributed by atoms with Gasteiger partial charge in [-0.2, -0.15) is 0 Å². The van der Waals surface area contributed by atoms with E-state index >= 15 is 0 Å². The summed E-state index contributed by atoms with van der Waals surface area (Å²) in [5, 5.41) is 6.90. The highest BCUT2D eigenvalue weighted by Crippen LogP contribution is 2.48. The third-order valence-electron chi connectivity index (χ3n) is 5.47. The minimum Gasteiger partial charge on any atom is -0.379 e. The molecule has 1 aromatic rings. The smallest absolute Gasteiger partial charge is 0.191 e. The number of hydrogen-bond donors (Lipinski definition) is 2. The molecule has 1 heterocycles. The number of guanidine groups is 1. The van der Waals surface area contributed by atoms with E-state index in [9.17, 15) is 0 Å². The Hall–Kier alpha value is -1.59. The first-order valence-electron chi connectivity index (χ1n) is 9.93. The number of nitrogens with zero attached hydrogens (tertiary/aromatic N) is 1. The molecule has 0 spiro atoms. The van der Waals surface area contributed by atoms with Crippen LogP contribution in [-0.4, -0.2) is 52.0 Å². The fourth-order valence-electron chi connectivity index (χ4n) is 3.71. The van der Waals surface area contributed by atoms with E-state index in [0.717, 1.165) is 51.7 Å². The van der Waals surface area contributed by atoms with Gasteiger partial charge in [-0.1, -0.05) is 24.3 Å². The van der Waals surface area contributed by atoms with Crippen molar-refractivity contribution in [2.45, 2.75) is 50.5 Å². The molecule has 2 fully saturated rings. The highest BCUT2D eigenvalue weighted by molar-refractivity contribution is 5.79. The number of aryl methyl sites for hydroxylation is 1. The molecule has 1 aliphatic heterocycles. The van der Waals surface area contributed by atoms with Crippen LogP contribution in [0, 0.1) is 6.92 Å². The fraction of sp³-hybridized carbons (Fsp3) is 0.667. The monoisotopic (exact) mass is 359 g/mol. The SMILES string of the molecule is CN=C(NCCCOCC1CCCO1)NCC1(c2ccccc2C)CC1. The molecule has 0 aromatic heterocycles. The Morgan fingerprint density at radius 1 is 1.31 bits per heavy atom. The first kappa shape index (κ1) is 19.2. The van der Waals surface area contributed by atoms with Crippen LogP contribution in [0.1, 0.15) is 43.2 Å². The minimum absolute atomic E-state index is 0.285. The summed E-state index contributed by atoms with van der Waals surface area (Å²) in [6.07, 6.45) is 6.08. The molecule has 2 N–H and O–H groups in total. The molecule has 1 aromatic carbocycles. The predicted octanol–water partition coefficient (Wildman–Crippen LogP) is 2.78. The van der Waals surface area contributed by atoms with Gasteiger partial charge in [0.2, 0.25) is 0 Å². The molecular formula is C21H33N3O2. The van der Waals surface area contributed by atoms with Crippen molar-refractivity contribution >= 4 is 5.96 Å². The molecule has 5 nitrogen and oxygen atoms in total. The molecule has 5 heteroatoms. The van der Waals surface area contributed by atoms with E-state index in [2.05, 4.69) is 46.8 Å². The second-order valence-corrected chi connectivity index (χ2v) is 7.51. The van der Waals surface area contributed by atoms with Crippen LogP contribution in [0.5, 0.6) is 0 Å². The Balaban J connectivity index is 1.33. The predicted molar refractivity (Wildman–Crippen MR) is 106 cm³/mol. The largest absolute Gasteiger partial charge is 0.379 e. The lowest BCUT2D eigenvalue weighted by molar-refractivity contribution is 0.0168. The Morgan fingerprint density at radius 3 is 2.85 bits per heavy atom. The highest BCUT2D eigenvalue weighted by atomic mass is 16.5. The molecule has 0 amide bonds. The van der Waals surface area contributed by atoms with Crippen molar-refractivity contribution in [3.05, 3.63) is 35.4 Å². The lowest BCUT2D eigenvalue weighted by Gasteiger charge is -2.20. The molecule has 2 aliphatic rings. The van der Waals surface area contributed by atoms with E-state index in [0.29, 0.717) is 6.10 Å².